The Bertz CT molecular complexity index is 723. The van der Waals surface area contributed by atoms with E-state index in [1.54, 1.807) is 7.11 Å². The van der Waals surface area contributed by atoms with Gasteiger partial charge in [0, 0.05) is 33.4 Å². The lowest BCUT2D eigenvalue weighted by Gasteiger charge is -2.32. The number of sulfonamides is 1. The van der Waals surface area contributed by atoms with E-state index in [1.807, 2.05) is 32.9 Å². The van der Waals surface area contributed by atoms with Crippen LogP contribution in [-0.2, 0) is 19.6 Å². The van der Waals surface area contributed by atoms with Crippen molar-refractivity contribution < 1.29 is 17.9 Å². The molecule has 2 rings (SSSR count). The molecular formula is C19H30N2O4S. The molecule has 1 N–H and O–H groups in total. The van der Waals surface area contributed by atoms with Gasteiger partial charge in [-0.05, 0) is 51.2 Å². The number of hydrogen-bond acceptors (Lipinski definition) is 4. The molecule has 0 saturated carbocycles. The van der Waals surface area contributed by atoms with Crippen LogP contribution in [0.3, 0.4) is 0 Å². The third kappa shape index (κ3) is 4.84. The molecule has 1 aromatic rings. The molecule has 26 heavy (non-hydrogen) atoms. The maximum absolute atomic E-state index is 13.2. The third-order valence-electron chi connectivity index (χ3n) is 4.78. The highest BCUT2D eigenvalue weighted by Crippen LogP contribution is 2.28. The van der Waals surface area contributed by atoms with Crippen molar-refractivity contribution in [1.82, 2.24) is 9.62 Å². The fraction of sp³-hybridized carbons (Fsp3) is 0.632. The number of piperidine rings is 1. The van der Waals surface area contributed by atoms with E-state index in [-0.39, 0.29) is 18.4 Å². The van der Waals surface area contributed by atoms with Crippen LogP contribution in [0.15, 0.2) is 17.0 Å². The Balaban J connectivity index is 2.12. The van der Waals surface area contributed by atoms with E-state index < -0.39 is 10.0 Å². The van der Waals surface area contributed by atoms with Crippen LogP contribution in [-0.4, -0.2) is 52.0 Å². The number of amides is 1. The van der Waals surface area contributed by atoms with Gasteiger partial charge >= 0.3 is 0 Å². The summed E-state index contributed by atoms with van der Waals surface area (Å²) in [5, 5.41) is 2.89. The number of ether oxygens (including phenoxy) is 1. The molecule has 0 bridgehead atoms. The van der Waals surface area contributed by atoms with E-state index in [1.165, 1.54) is 4.31 Å². The van der Waals surface area contributed by atoms with Gasteiger partial charge in [-0.15, -0.1) is 0 Å². The van der Waals surface area contributed by atoms with Gasteiger partial charge in [-0.3, -0.25) is 4.79 Å². The fourth-order valence-corrected chi connectivity index (χ4v) is 5.59. The lowest BCUT2D eigenvalue weighted by Crippen LogP contribution is -2.45. The van der Waals surface area contributed by atoms with Gasteiger partial charge in [-0.25, -0.2) is 8.42 Å². The van der Waals surface area contributed by atoms with Crippen LogP contribution in [0.5, 0.6) is 0 Å². The van der Waals surface area contributed by atoms with Crippen molar-refractivity contribution in [3.63, 3.8) is 0 Å². The van der Waals surface area contributed by atoms with E-state index in [2.05, 4.69) is 5.32 Å². The number of hydrogen-bond donors (Lipinski definition) is 1. The van der Waals surface area contributed by atoms with Gasteiger partial charge in [0.1, 0.15) is 0 Å². The van der Waals surface area contributed by atoms with Crippen LogP contribution in [0, 0.1) is 26.7 Å². The summed E-state index contributed by atoms with van der Waals surface area (Å²) in [6.07, 6.45) is 2.16. The molecule has 0 aliphatic carbocycles. The molecular weight excluding hydrogens is 352 g/mol. The van der Waals surface area contributed by atoms with Crippen LogP contribution < -0.4 is 5.32 Å². The minimum atomic E-state index is -3.60. The second-order valence-corrected chi connectivity index (χ2v) is 8.94. The molecule has 1 aromatic carbocycles. The molecule has 6 nitrogen and oxygen atoms in total. The van der Waals surface area contributed by atoms with Crippen LogP contribution >= 0.6 is 0 Å². The number of nitrogens with zero attached hydrogens (tertiary/aromatic N) is 1. The Labute approximate surface area is 157 Å². The summed E-state index contributed by atoms with van der Waals surface area (Å²) >= 11 is 0. The summed E-state index contributed by atoms with van der Waals surface area (Å²) in [7, 11) is -1.98. The highest BCUT2D eigenvalue weighted by Gasteiger charge is 2.34. The number of carbonyl (C=O) groups is 1. The third-order valence-corrected chi connectivity index (χ3v) is 6.95. The van der Waals surface area contributed by atoms with Crippen molar-refractivity contribution in [1.29, 1.82) is 0 Å². The summed E-state index contributed by atoms with van der Waals surface area (Å²) in [6, 6.07) is 3.79. The second kappa shape index (κ2) is 8.97. The summed E-state index contributed by atoms with van der Waals surface area (Å²) < 4.78 is 32.8. The van der Waals surface area contributed by atoms with Crippen molar-refractivity contribution in [2.75, 3.05) is 33.4 Å². The maximum Gasteiger partial charge on any atom is 0.243 e. The first kappa shape index (κ1) is 20.9. The van der Waals surface area contributed by atoms with Gasteiger partial charge < -0.3 is 10.1 Å². The van der Waals surface area contributed by atoms with E-state index >= 15 is 0 Å². The van der Waals surface area contributed by atoms with E-state index in [0.717, 1.165) is 23.1 Å². The van der Waals surface area contributed by atoms with Crippen LogP contribution in [0.25, 0.3) is 0 Å². The predicted octanol–water partition coefficient (Wildman–Crippen LogP) is 2.17. The van der Waals surface area contributed by atoms with Crippen molar-refractivity contribution >= 4 is 15.9 Å². The van der Waals surface area contributed by atoms with Crippen LogP contribution in [0.1, 0.15) is 36.0 Å². The smallest absolute Gasteiger partial charge is 0.243 e. The largest absolute Gasteiger partial charge is 0.385 e. The zero-order valence-electron chi connectivity index (χ0n) is 16.2. The fourth-order valence-electron chi connectivity index (χ4n) is 3.65. The molecule has 1 unspecified atom stereocenters. The molecule has 7 heteroatoms. The van der Waals surface area contributed by atoms with Crippen molar-refractivity contribution in [3.05, 3.63) is 28.8 Å². The van der Waals surface area contributed by atoms with Crippen LogP contribution in [0.4, 0.5) is 0 Å². The van der Waals surface area contributed by atoms with Crippen molar-refractivity contribution in [2.45, 2.75) is 44.9 Å². The molecule has 146 valence electrons. The van der Waals surface area contributed by atoms with E-state index in [0.29, 0.717) is 37.4 Å². The topological polar surface area (TPSA) is 75.7 Å². The van der Waals surface area contributed by atoms with Gasteiger partial charge in [0.15, 0.2) is 0 Å². The molecule has 0 aromatic heterocycles. The van der Waals surface area contributed by atoms with Crippen molar-refractivity contribution in [2.24, 2.45) is 5.92 Å². The Morgan fingerprint density at radius 3 is 2.54 bits per heavy atom. The number of rotatable bonds is 7. The lowest BCUT2D eigenvalue weighted by molar-refractivity contribution is -0.126. The van der Waals surface area contributed by atoms with E-state index in [9.17, 15) is 13.2 Å². The monoisotopic (exact) mass is 382 g/mol. The average molecular weight is 383 g/mol. The first-order valence-electron chi connectivity index (χ1n) is 9.12. The molecule has 1 atom stereocenters. The highest BCUT2D eigenvalue weighted by atomic mass is 32.2. The Morgan fingerprint density at radius 2 is 1.92 bits per heavy atom. The Kier molecular flexibility index (Phi) is 7.20. The van der Waals surface area contributed by atoms with Gasteiger partial charge in [0.25, 0.3) is 0 Å². The van der Waals surface area contributed by atoms with Gasteiger partial charge in [-0.2, -0.15) is 4.31 Å². The molecule has 1 amide bonds. The van der Waals surface area contributed by atoms with Crippen LogP contribution in [0.2, 0.25) is 0 Å². The summed E-state index contributed by atoms with van der Waals surface area (Å²) in [5.74, 6) is -0.370. The molecule has 1 fully saturated rings. The Morgan fingerprint density at radius 1 is 1.27 bits per heavy atom. The minimum Gasteiger partial charge on any atom is -0.385 e. The molecule has 1 aliphatic heterocycles. The summed E-state index contributed by atoms with van der Waals surface area (Å²) in [6.45, 7) is 7.46. The Hall–Kier alpha value is -1.44. The summed E-state index contributed by atoms with van der Waals surface area (Å²) in [5.41, 5.74) is 2.56. The van der Waals surface area contributed by atoms with Gasteiger partial charge in [0.05, 0.1) is 10.8 Å². The molecule has 1 saturated heterocycles. The minimum absolute atomic E-state index is 0.0710. The van der Waals surface area contributed by atoms with Gasteiger partial charge in [0.2, 0.25) is 15.9 Å². The SMILES string of the molecule is COCCCNC(=O)C1CCCN(S(=O)(=O)c2c(C)cc(C)cc2C)C1. The quantitative estimate of drug-likeness (QED) is 0.734. The number of nitrogens with one attached hydrogen (secondary N) is 1. The predicted molar refractivity (Wildman–Crippen MR) is 102 cm³/mol. The highest BCUT2D eigenvalue weighted by molar-refractivity contribution is 7.89. The maximum atomic E-state index is 13.2. The molecule has 0 spiro atoms. The lowest BCUT2D eigenvalue weighted by atomic mass is 9.99. The van der Waals surface area contributed by atoms with Crippen molar-refractivity contribution in [3.8, 4) is 0 Å². The second-order valence-electron chi connectivity index (χ2n) is 7.07. The molecule has 1 heterocycles. The zero-order valence-corrected chi connectivity index (χ0v) is 17.0. The zero-order chi connectivity index (χ0) is 19.3. The average Bonchev–Trinajstić information content (AvgIpc) is 2.57. The first-order valence-corrected chi connectivity index (χ1v) is 10.6. The number of methoxy groups -OCH3 is 1. The summed E-state index contributed by atoms with van der Waals surface area (Å²) in [4.78, 5) is 12.8. The number of carbonyl (C=O) groups excluding carboxylic acids is 1. The van der Waals surface area contributed by atoms with E-state index in [4.69, 9.17) is 4.74 Å². The standard InChI is InChI=1S/C19H30N2O4S/c1-14-11-15(2)18(16(3)12-14)26(23,24)21-9-5-7-17(13-21)19(22)20-8-6-10-25-4/h11-12,17H,5-10,13H2,1-4H3,(H,20,22). The number of benzene rings is 1. The molecule has 1 aliphatic rings. The molecule has 0 radical (unpaired) electrons. The first-order chi connectivity index (χ1) is 12.3. The van der Waals surface area contributed by atoms with Gasteiger partial charge in [-0.1, -0.05) is 17.7 Å². The normalized spacial score (nSPS) is 18.7. The number of aryl methyl sites for hydroxylation is 3.